The Bertz CT molecular complexity index is 637. The molecule has 1 fully saturated rings. The highest BCUT2D eigenvalue weighted by molar-refractivity contribution is 6.33. The number of halogens is 2. The van der Waals surface area contributed by atoms with E-state index >= 15 is 0 Å². The molecular weight excluding hydrogens is 323 g/mol. The van der Waals surface area contributed by atoms with E-state index in [0.717, 1.165) is 24.9 Å². The molecule has 2 N–H and O–H groups in total. The maximum Gasteiger partial charge on any atom is 0.287 e. The van der Waals surface area contributed by atoms with E-state index in [9.17, 15) is 4.79 Å². The van der Waals surface area contributed by atoms with E-state index in [0.29, 0.717) is 29.1 Å². The third kappa shape index (κ3) is 3.83. The lowest BCUT2D eigenvalue weighted by atomic mass is 10.2. The van der Waals surface area contributed by atoms with Crippen LogP contribution in [0.1, 0.15) is 23.4 Å². The number of carbonyl (C=O) groups excluding carboxylic acids is 1. The predicted octanol–water partition coefficient (Wildman–Crippen LogP) is 3.50. The third-order valence-corrected chi connectivity index (χ3v) is 3.97. The Balaban J connectivity index is 0.00000176. The van der Waals surface area contributed by atoms with Gasteiger partial charge >= 0.3 is 0 Å². The van der Waals surface area contributed by atoms with Crippen LogP contribution >= 0.6 is 24.0 Å². The molecule has 1 saturated heterocycles. The van der Waals surface area contributed by atoms with Crippen molar-refractivity contribution >= 4 is 29.9 Å². The van der Waals surface area contributed by atoms with Crippen LogP contribution in [0.3, 0.4) is 0 Å². The maximum absolute atomic E-state index is 12.1. The largest absolute Gasteiger partial charge is 0.451 e. The van der Waals surface area contributed by atoms with Crippen LogP contribution in [-0.2, 0) is 0 Å². The standard InChI is InChI=1S/C16H17ClN2O2.ClH/c17-13-6-2-1-5-12(13)14-7-8-15(21-14)16(20)19-10-11-4-3-9-18-11;/h1-2,5-8,11,18H,3-4,9-10H2,(H,19,20);1H. The van der Waals surface area contributed by atoms with Crippen LogP contribution in [0.4, 0.5) is 0 Å². The first-order valence-corrected chi connectivity index (χ1v) is 7.48. The molecule has 0 radical (unpaired) electrons. The molecule has 0 bridgehead atoms. The highest BCUT2D eigenvalue weighted by Gasteiger charge is 2.17. The topological polar surface area (TPSA) is 54.3 Å². The van der Waals surface area contributed by atoms with Crippen LogP contribution in [0.5, 0.6) is 0 Å². The number of nitrogens with one attached hydrogen (secondary N) is 2. The molecule has 2 aromatic rings. The Hall–Kier alpha value is -1.49. The van der Waals surface area contributed by atoms with E-state index in [4.69, 9.17) is 16.0 Å². The molecule has 0 spiro atoms. The summed E-state index contributed by atoms with van der Waals surface area (Å²) in [7, 11) is 0. The fraction of sp³-hybridized carbons (Fsp3) is 0.312. The van der Waals surface area contributed by atoms with Gasteiger partial charge in [-0.25, -0.2) is 0 Å². The van der Waals surface area contributed by atoms with E-state index in [1.54, 1.807) is 18.2 Å². The number of hydrogen-bond acceptors (Lipinski definition) is 3. The minimum absolute atomic E-state index is 0. The number of benzene rings is 1. The van der Waals surface area contributed by atoms with Crippen molar-refractivity contribution in [1.82, 2.24) is 10.6 Å². The number of furan rings is 1. The number of amides is 1. The highest BCUT2D eigenvalue weighted by atomic mass is 35.5. The molecule has 1 aromatic heterocycles. The molecule has 0 aliphatic carbocycles. The molecule has 2 heterocycles. The smallest absolute Gasteiger partial charge is 0.287 e. The number of hydrogen-bond donors (Lipinski definition) is 2. The molecule has 1 atom stereocenters. The first kappa shape index (κ1) is 16.9. The zero-order chi connectivity index (χ0) is 14.7. The average molecular weight is 341 g/mol. The van der Waals surface area contributed by atoms with Crippen molar-refractivity contribution in [3.63, 3.8) is 0 Å². The van der Waals surface area contributed by atoms with Gasteiger partial charge in [-0.05, 0) is 43.7 Å². The van der Waals surface area contributed by atoms with Crippen LogP contribution < -0.4 is 10.6 Å². The Morgan fingerprint density at radius 3 is 2.86 bits per heavy atom. The lowest BCUT2D eigenvalue weighted by Crippen LogP contribution is -2.37. The van der Waals surface area contributed by atoms with Crippen molar-refractivity contribution in [2.24, 2.45) is 0 Å². The van der Waals surface area contributed by atoms with Gasteiger partial charge in [-0.15, -0.1) is 12.4 Å². The second-order valence-corrected chi connectivity index (χ2v) is 5.55. The first-order valence-electron chi connectivity index (χ1n) is 7.10. The summed E-state index contributed by atoms with van der Waals surface area (Å²) in [5, 5.41) is 6.84. The molecule has 0 saturated carbocycles. The minimum Gasteiger partial charge on any atom is -0.451 e. The Morgan fingerprint density at radius 1 is 1.32 bits per heavy atom. The molecule has 1 aliphatic rings. The van der Waals surface area contributed by atoms with Crippen molar-refractivity contribution in [3.8, 4) is 11.3 Å². The average Bonchev–Trinajstić information content (AvgIpc) is 3.17. The summed E-state index contributed by atoms with van der Waals surface area (Å²) in [6.07, 6.45) is 2.27. The molecule has 1 aliphatic heterocycles. The second-order valence-electron chi connectivity index (χ2n) is 5.15. The second kappa shape index (κ2) is 7.68. The Kier molecular flexibility index (Phi) is 5.89. The summed E-state index contributed by atoms with van der Waals surface area (Å²) in [4.78, 5) is 12.1. The van der Waals surface area contributed by atoms with Gasteiger partial charge in [-0.1, -0.05) is 23.7 Å². The van der Waals surface area contributed by atoms with Crippen molar-refractivity contribution < 1.29 is 9.21 Å². The van der Waals surface area contributed by atoms with Crippen molar-refractivity contribution in [3.05, 3.63) is 47.2 Å². The summed E-state index contributed by atoms with van der Waals surface area (Å²) < 4.78 is 5.61. The Labute approximate surface area is 140 Å². The summed E-state index contributed by atoms with van der Waals surface area (Å²) in [6.45, 7) is 1.65. The predicted molar refractivity (Wildman–Crippen MR) is 89.8 cm³/mol. The van der Waals surface area contributed by atoms with Crippen molar-refractivity contribution in [1.29, 1.82) is 0 Å². The van der Waals surface area contributed by atoms with Gasteiger partial charge in [-0.2, -0.15) is 0 Å². The van der Waals surface area contributed by atoms with E-state index in [1.165, 1.54) is 0 Å². The van der Waals surface area contributed by atoms with Crippen LogP contribution in [0, 0.1) is 0 Å². The first-order chi connectivity index (χ1) is 10.2. The SMILES string of the molecule is Cl.O=C(NCC1CCCN1)c1ccc(-c2ccccc2Cl)o1. The van der Waals surface area contributed by atoms with Crippen LogP contribution in [0.15, 0.2) is 40.8 Å². The molecule has 118 valence electrons. The number of carbonyl (C=O) groups is 1. The Morgan fingerprint density at radius 2 is 2.14 bits per heavy atom. The van der Waals surface area contributed by atoms with Crippen LogP contribution in [0.2, 0.25) is 5.02 Å². The van der Waals surface area contributed by atoms with Gasteiger partial charge in [0.1, 0.15) is 5.76 Å². The summed E-state index contributed by atoms with van der Waals surface area (Å²) in [6, 6.07) is 11.2. The maximum atomic E-state index is 12.1. The monoisotopic (exact) mass is 340 g/mol. The molecule has 1 unspecified atom stereocenters. The summed E-state index contributed by atoms with van der Waals surface area (Å²) in [5.74, 6) is 0.717. The fourth-order valence-corrected chi connectivity index (χ4v) is 2.73. The van der Waals surface area contributed by atoms with Crippen molar-refractivity contribution in [2.45, 2.75) is 18.9 Å². The lowest BCUT2D eigenvalue weighted by molar-refractivity contribution is 0.0923. The van der Waals surface area contributed by atoms with Gasteiger partial charge in [0.15, 0.2) is 5.76 Å². The molecule has 4 nitrogen and oxygen atoms in total. The van der Waals surface area contributed by atoms with Gasteiger partial charge < -0.3 is 15.1 Å². The van der Waals surface area contributed by atoms with E-state index in [-0.39, 0.29) is 18.3 Å². The van der Waals surface area contributed by atoms with Gasteiger partial charge in [0.05, 0.1) is 5.02 Å². The normalized spacial score (nSPS) is 17.0. The van der Waals surface area contributed by atoms with Gasteiger partial charge in [0.2, 0.25) is 0 Å². The lowest BCUT2D eigenvalue weighted by Gasteiger charge is -2.10. The van der Waals surface area contributed by atoms with Crippen LogP contribution in [-0.4, -0.2) is 25.0 Å². The van der Waals surface area contributed by atoms with Crippen molar-refractivity contribution in [2.75, 3.05) is 13.1 Å². The summed E-state index contributed by atoms with van der Waals surface area (Å²) >= 11 is 6.13. The quantitative estimate of drug-likeness (QED) is 0.895. The molecular formula is C16H18Cl2N2O2. The summed E-state index contributed by atoms with van der Waals surface area (Å²) in [5.41, 5.74) is 0.788. The molecule has 1 amide bonds. The zero-order valence-electron chi connectivity index (χ0n) is 12.0. The van der Waals surface area contributed by atoms with Gasteiger partial charge in [-0.3, -0.25) is 4.79 Å². The van der Waals surface area contributed by atoms with E-state index < -0.39 is 0 Å². The molecule has 3 rings (SSSR count). The van der Waals surface area contributed by atoms with Gasteiger partial charge in [0.25, 0.3) is 5.91 Å². The van der Waals surface area contributed by atoms with E-state index in [1.807, 2.05) is 18.2 Å². The third-order valence-electron chi connectivity index (χ3n) is 3.64. The highest BCUT2D eigenvalue weighted by Crippen LogP contribution is 2.28. The minimum atomic E-state index is -0.193. The number of rotatable bonds is 4. The van der Waals surface area contributed by atoms with Gasteiger partial charge in [0, 0.05) is 18.2 Å². The molecule has 22 heavy (non-hydrogen) atoms. The van der Waals surface area contributed by atoms with E-state index in [2.05, 4.69) is 10.6 Å². The van der Waals surface area contributed by atoms with Crippen LogP contribution in [0.25, 0.3) is 11.3 Å². The molecule has 6 heteroatoms. The fourth-order valence-electron chi connectivity index (χ4n) is 2.50. The molecule has 1 aromatic carbocycles. The zero-order valence-corrected chi connectivity index (χ0v) is 13.5.